The molecule has 0 bridgehead atoms. The Kier molecular flexibility index (Phi) is 5.79. The summed E-state index contributed by atoms with van der Waals surface area (Å²) in [4.78, 5) is 13.8. The van der Waals surface area contributed by atoms with Crippen molar-refractivity contribution >= 4 is 15.9 Å². The van der Waals surface area contributed by atoms with E-state index in [2.05, 4.69) is 16.0 Å². The van der Waals surface area contributed by atoms with E-state index < -0.39 is 10.0 Å². The van der Waals surface area contributed by atoms with Gasteiger partial charge in [-0.3, -0.25) is 9.69 Å². The number of carbonyl (C=O) groups is 1. The van der Waals surface area contributed by atoms with Crippen LogP contribution in [0.15, 0.2) is 0 Å². The summed E-state index contributed by atoms with van der Waals surface area (Å²) in [6, 6.07) is -0.441. The highest BCUT2D eigenvalue weighted by Gasteiger charge is 2.28. The molecule has 1 fully saturated rings. The molecule has 0 aromatic rings. The quantitative estimate of drug-likeness (QED) is 0.645. The molecule has 1 aliphatic heterocycles. The maximum atomic E-state index is 11.8. The summed E-state index contributed by atoms with van der Waals surface area (Å²) in [5.41, 5.74) is 0. The van der Waals surface area contributed by atoms with Crippen LogP contribution >= 0.6 is 0 Å². The molecule has 1 rings (SSSR count). The van der Waals surface area contributed by atoms with Gasteiger partial charge in [-0.15, -0.1) is 6.42 Å². The second-order valence-electron chi connectivity index (χ2n) is 4.82. The Hall–Kier alpha value is -1.10. The van der Waals surface area contributed by atoms with Crippen molar-refractivity contribution in [2.45, 2.75) is 31.8 Å². The molecule has 0 spiro atoms. The summed E-state index contributed by atoms with van der Waals surface area (Å²) in [5, 5.41) is 2.64. The maximum Gasteiger partial charge on any atom is 0.237 e. The third-order valence-corrected chi connectivity index (χ3v) is 3.89. The molecule has 7 heteroatoms. The van der Waals surface area contributed by atoms with Gasteiger partial charge in [0.2, 0.25) is 15.9 Å². The zero-order valence-electron chi connectivity index (χ0n) is 11.3. The Morgan fingerprint density at radius 3 is 2.84 bits per heavy atom. The number of terminal acetylenes is 1. The van der Waals surface area contributed by atoms with E-state index >= 15 is 0 Å². The lowest BCUT2D eigenvalue weighted by molar-refractivity contribution is -0.126. The van der Waals surface area contributed by atoms with Gasteiger partial charge < -0.3 is 5.32 Å². The number of sulfonamides is 1. The van der Waals surface area contributed by atoms with E-state index in [1.54, 1.807) is 6.92 Å². The first-order valence-corrected chi connectivity index (χ1v) is 8.15. The number of nitrogens with one attached hydrogen (secondary N) is 2. The van der Waals surface area contributed by atoms with Crippen LogP contribution in [0.4, 0.5) is 0 Å². The van der Waals surface area contributed by atoms with E-state index in [9.17, 15) is 13.2 Å². The fourth-order valence-electron chi connectivity index (χ4n) is 2.21. The lowest BCUT2D eigenvalue weighted by atomic mass is 10.0. The van der Waals surface area contributed by atoms with Crippen LogP contribution in [0.2, 0.25) is 0 Å². The molecule has 2 atom stereocenters. The van der Waals surface area contributed by atoms with Gasteiger partial charge in [0.15, 0.2) is 0 Å². The monoisotopic (exact) mass is 287 g/mol. The number of rotatable bonds is 5. The largest absolute Gasteiger partial charge is 0.344 e. The van der Waals surface area contributed by atoms with Crippen LogP contribution in [-0.4, -0.2) is 57.2 Å². The van der Waals surface area contributed by atoms with E-state index in [1.807, 2.05) is 4.90 Å². The number of hydrogen-bond acceptors (Lipinski definition) is 4. The van der Waals surface area contributed by atoms with Gasteiger partial charge in [0.1, 0.15) is 0 Å². The predicted molar refractivity (Wildman–Crippen MR) is 73.9 cm³/mol. The Labute approximate surface area is 115 Å². The molecule has 1 heterocycles. The maximum absolute atomic E-state index is 11.8. The Morgan fingerprint density at radius 1 is 1.58 bits per heavy atom. The van der Waals surface area contributed by atoms with E-state index in [-0.39, 0.29) is 24.5 Å². The van der Waals surface area contributed by atoms with Crippen molar-refractivity contribution in [1.82, 2.24) is 14.9 Å². The molecule has 1 amide bonds. The van der Waals surface area contributed by atoms with Crippen LogP contribution in [0.3, 0.4) is 0 Å². The van der Waals surface area contributed by atoms with Crippen molar-refractivity contribution in [3.8, 4) is 12.3 Å². The van der Waals surface area contributed by atoms with Crippen molar-refractivity contribution in [1.29, 1.82) is 0 Å². The van der Waals surface area contributed by atoms with Gasteiger partial charge in [-0.05, 0) is 26.3 Å². The molecular formula is C12H21N3O3S. The van der Waals surface area contributed by atoms with Crippen molar-refractivity contribution < 1.29 is 13.2 Å². The van der Waals surface area contributed by atoms with E-state index in [0.717, 1.165) is 25.6 Å². The van der Waals surface area contributed by atoms with Gasteiger partial charge in [0.25, 0.3) is 0 Å². The molecule has 1 saturated heterocycles. The lowest BCUT2D eigenvalue weighted by Gasteiger charge is -2.35. The van der Waals surface area contributed by atoms with Crippen molar-refractivity contribution in [2.75, 3.05) is 25.9 Å². The average molecular weight is 287 g/mol. The SMILES string of the molecule is C#CCNC(=O)C(C)N1CCCC(NS(C)(=O)=O)C1. The average Bonchev–Trinajstić information content (AvgIpc) is 2.33. The fourth-order valence-corrected chi connectivity index (χ4v) is 3.01. The second-order valence-corrected chi connectivity index (χ2v) is 6.60. The van der Waals surface area contributed by atoms with E-state index in [0.29, 0.717) is 6.54 Å². The normalized spacial score (nSPS) is 22.5. The minimum absolute atomic E-state index is 0.127. The molecule has 19 heavy (non-hydrogen) atoms. The van der Waals surface area contributed by atoms with Crippen LogP contribution in [0, 0.1) is 12.3 Å². The minimum atomic E-state index is -3.21. The molecule has 0 aliphatic carbocycles. The first-order valence-electron chi connectivity index (χ1n) is 6.26. The standard InChI is InChI=1S/C12H21N3O3S/c1-4-7-13-12(16)10(2)15-8-5-6-11(9-15)14-19(3,17)18/h1,10-11,14H,5-9H2,2-3H3,(H,13,16). The van der Waals surface area contributed by atoms with Gasteiger partial charge in [0, 0.05) is 12.6 Å². The van der Waals surface area contributed by atoms with Crippen LogP contribution in [0.25, 0.3) is 0 Å². The molecule has 1 aliphatic rings. The van der Waals surface area contributed by atoms with Gasteiger partial charge in [-0.1, -0.05) is 5.92 Å². The van der Waals surface area contributed by atoms with Crippen LogP contribution in [0.5, 0.6) is 0 Å². The molecule has 0 aromatic heterocycles. The highest BCUT2D eigenvalue weighted by atomic mass is 32.2. The van der Waals surface area contributed by atoms with Crippen molar-refractivity contribution in [3.63, 3.8) is 0 Å². The minimum Gasteiger partial charge on any atom is -0.344 e. The Bertz CT molecular complexity index is 455. The highest BCUT2D eigenvalue weighted by Crippen LogP contribution is 2.13. The molecule has 6 nitrogen and oxygen atoms in total. The molecule has 2 unspecified atom stereocenters. The molecule has 0 saturated carbocycles. The van der Waals surface area contributed by atoms with Gasteiger partial charge in [0.05, 0.1) is 18.8 Å². The van der Waals surface area contributed by atoms with Crippen LogP contribution in [-0.2, 0) is 14.8 Å². The zero-order valence-corrected chi connectivity index (χ0v) is 12.2. The third kappa shape index (κ3) is 5.59. The summed E-state index contributed by atoms with van der Waals surface area (Å²) >= 11 is 0. The molecular weight excluding hydrogens is 266 g/mol. The molecule has 108 valence electrons. The number of likely N-dealkylation sites (tertiary alicyclic amines) is 1. The Morgan fingerprint density at radius 2 is 2.26 bits per heavy atom. The number of nitrogens with zero attached hydrogens (tertiary/aromatic N) is 1. The highest BCUT2D eigenvalue weighted by molar-refractivity contribution is 7.88. The summed E-state index contributed by atoms with van der Waals surface area (Å²) in [6.45, 7) is 3.33. The fraction of sp³-hybridized carbons (Fsp3) is 0.750. The second kappa shape index (κ2) is 6.89. The van der Waals surface area contributed by atoms with Crippen LogP contribution in [0.1, 0.15) is 19.8 Å². The van der Waals surface area contributed by atoms with Crippen LogP contribution < -0.4 is 10.0 Å². The van der Waals surface area contributed by atoms with Crippen molar-refractivity contribution in [2.24, 2.45) is 0 Å². The summed E-state index contributed by atoms with van der Waals surface area (Å²) in [5.74, 6) is 2.23. The molecule has 2 N–H and O–H groups in total. The number of amides is 1. The first kappa shape index (κ1) is 16.0. The van der Waals surface area contributed by atoms with Gasteiger partial charge in [-0.2, -0.15) is 0 Å². The molecule has 0 aromatic carbocycles. The van der Waals surface area contributed by atoms with E-state index in [4.69, 9.17) is 6.42 Å². The zero-order chi connectivity index (χ0) is 14.5. The Balaban J connectivity index is 2.54. The third-order valence-electron chi connectivity index (χ3n) is 3.13. The van der Waals surface area contributed by atoms with E-state index in [1.165, 1.54) is 0 Å². The summed E-state index contributed by atoms with van der Waals surface area (Å²) in [7, 11) is -3.21. The topological polar surface area (TPSA) is 78.5 Å². The van der Waals surface area contributed by atoms with Gasteiger partial charge >= 0.3 is 0 Å². The smallest absolute Gasteiger partial charge is 0.237 e. The summed E-state index contributed by atoms with van der Waals surface area (Å²) in [6.07, 6.45) is 7.89. The lowest BCUT2D eigenvalue weighted by Crippen LogP contribution is -2.54. The number of piperidine rings is 1. The first-order chi connectivity index (χ1) is 8.83. The number of hydrogen-bond donors (Lipinski definition) is 2. The summed E-state index contributed by atoms with van der Waals surface area (Å²) < 4.78 is 25.0. The van der Waals surface area contributed by atoms with Gasteiger partial charge in [-0.25, -0.2) is 13.1 Å². The number of carbonyl (C=O) groups excluding carboxylic acids is 1. The molecule has 0 radical (unpaired) electrons. The van der Waals surface area contributed by atoms with Crippen molar-refractivity contribution in [3.05, 3.63) is 0 Å². The predicted octanol–water partition coefficient (Wildman–Crippen LogP) is -0.862.